The van der Waals surface area contributed by atoms with Crippen LogP contribution in [0.25, 0.3) is 20.7 Å². The molecule has 4 aromatic rings. The summed E-state index contributed by atoms with van der Waals surface area (Å²) in [6.45, 7) is 3.76. The molecule has 0 radical (unpaired) electrons. The van der Waals surface area contributed by atoms with Crippen LogP contribution in [0.1, 0.15) is 18.7 Å². The maximum Gasteiger partial charge on any atom is 0.260 e. The molecule has 160 valence electrons. The van der Waals surface area contributed by atoms with Gasteiger partial charge >= 0.3 is 0 Å². The van der Waals surface area contributed by atoms with Crippen LogP contribution in [0.15, 0.2) is 45.7 Å². The van der Waals surface area contributed by atoms with Crippen molar-refractivity contribution < 1.29 is 9.90 Å². The highest BCUT2D eigenvalue weighted by molar-refractivity contribution is 8.00. The predicted molar refractivity (Wildman–Crippen MR) is 130 cm³/mol. The summed E-state index contributed by atoms with van der Waals surface area (Å²) in [5.74, 6) is -0.417. The second kappa shape index (κ2) is 9.04. The highest BCUT2D eigenvalue weighted by Gasteiger charge is 2.21. The molecule has 10 heteroatoms. The Morgan fingerprint density at radius 1 is 1.39 bits per heavy atom. The SMILES string of the molecule is CCc1sc2nc(SC(C)C(=O)Nc3cc(Cl)ccc3O)[nH]c(=O)c2c1-c1cccs1. The van der Waals surface area contributed by atoms with Gasteiger partial charge in [-0.05, 0) is 43.0 Å². The Bertz CT molecular complexity index is 1310. The van der Waals surface area contributed by atoms with E-state index in [0.717, 1.165) is 33.5 Å². The summed E-state index contributed by atoms with van der Waals surface area (Å²) in [4.78, 5) is 35.8. The zero-order valence-electron chi connectivity index (χ0n) is 16.6. The third-order valence-corrected chi connectivity index (χ3v) is 7.91. The lowest BCUT2D eigenvalue weighted by molar-refractivity contribution is -0.115. The Labute approximate surface area is 195 Å². The van der Waals surface area contributed by atoms with E-state index in [0.29, 0.717) is 20.4 Å². The average Bonchev–Trinajstić information content (AvgIpc) is 3.37. The van der Waals surface area contributed by atoms with Gasteiger partial charge < -0.3 is 15.4 Å². The van der Waals surface area contributed by atoms with Gasteiger partial charge in [-0.3, -0.25) is 9.59 Å². The van der Waals surface area contributed by atoms with Crippen molar-refractivity contribution >= 4 is 67.8 Å². The second-order valence-electron chi connectivity index (χ2n) is 6.69. The third kappa shape index (κ3) is 4.50. The number of fused-ring (bicyclic) bond motifs is 1. The van der Waals surface area contributed by atoms with Gasteiger partial charge in [0, 0.05) is 20.3 Å². The van der Waals surface area contributed by atoms with Crippen LogP contribution in [-0.4, -0.2) is 26.2 Å². The third-order valence-electron chi connectivity index (χ3n) is 4.58. The zero-order chi connectivity index (χ0) is 22.1. The van der Waals surface area contributed by atoms with Crippen LogP contribution in [-0.2, 0) is 11.2 Å². The van der Waals surface area contributed by atoms with E-state index in [1.807, 2.05) is 17.5 Å². The van der Waals surface area contributed by atoms with Crippen molar-refractivity contribution in [3.8, 4) is 16.2 Å². The molecule has 0 aliphatic heterocycles. The summed E-state index contributed by atoms with van der Waals surface area (Å²) < 4.78 is 0. The number of hydrogen-bond donors (Lipinski definition) is 3. The number of nitrogens with one attached hydrogen (secondary N) is 2. The summed E-state index contributed by atoms with van der Waals surface area (Å²) in [6, 6.07) is 8.39. The summed E-state index contributed by atoms with van der Waals surface area (Å²) in [5, 5.41) is 15.3. The molecule has 1 unspecified atom stereocenters. The van der Waals surface area contributed by atoms with Crippen LogP contribution in [0.2, 0.25) is 5.02 Å². The fourth-order valence-corrected chi connectivity index (χ4v) is 6.10. The molecule has 3 heterocycles. The smallest absolute Gasteiger partial charge is 0.260 e. The quantitative estimate of drug-likeness (QED) is 0.181. The molecule has 3 N–H and O–H groups in total. The number of phenols is 1. The Hall–Kier alpha value is -2.33. The number of rotatable bonds is 6. The van der Waals surface area contributed by atoms with Gasteiger partial charge in [-0.25, -0.2) is 4.98 Å². The number of aromatic hydroxyl groups is 1. The lowest BCUT2D eigenvalue weighted by atomic mass is 10.1. The molecule has 0 bridgehead atoms. The molecule has 0 aliphatic rings. The number of thiophene rings is 2. The summed E-state index contributed by atoms with van der Waals surface area (Å²) in [7, 11) is 0. The van der Waals surface area contributed by atoms with E-state index in [1.165, 1.54) is 29.5 Å². The number of halogens is 1. The molecule has 4 rings (SSSR count). The normalized spacial score (nSPS) is 12.2. The van der Waals surface area contributed by atoms with Crippen LogP contribution in [0.5, 0.6) is 5.75 Å². The van der Waals surface area contributed by atoms with Gasteiger partial charge in [-0.2, -0.15) is 0 Å². The number of thioether (sulfide) groups is 1. The molecule has 0 fully saturated rings. The largest absolute Gasteiger partial charge is 0.506 e. The highest BCUT2D eigenvalue weighted by atomic mass is 35.5. The van der Waals surface area contributed by atoms with Gasteiger partial charge in [0.25, 0.3) is 5.56 Å². The minimum absolute atomic E-state index is 0.0744. The van der Waals surface area contributed by atoms with Gasteiger partial charge in [-0.15, -0.1) is 22.7 Å². The van der Waals surface area contributed by atoms with E-state index in [2.05, 4.69) is 22.2 Å². The number of aromatic nitrogens is 2. The van der Waals surface area contributed by atoms with Crippen molar-refractivity contribution in [1.29, 1.82) is 0 Å². The topological polar surface area (TPSA) is 95.1 Å². The predicted octanol–water partition coefficient (Wildman–Crippen LogP) is 5.75. The average molecular weight is 492 g/mol. The van der Waals surface area contributed by atoms with E-state index in [1.54, 1.807) is 18.3 Å². The van der Waals surface area contributed by atoms with Crippen LogP contribution < -0.4 is 10.9 Å². The van der Waals surface area contributed by atoms with Gasteiger partial charge in [0.05, 0.1) is 16.3 Å². The maximum absolute atomic E-state index is 12.9. The first-order valence-corrected chi connectivity index (χ1v) is 12.4. The number of hydrogen-bond acceptors (Lipinski definition) is 7. The first kappa shape index (κ1) is 21.9. The van der Waals surface area contributed by atoms with Crippen LogP contribution in [0.3, 0.4) is 0 Å². The van der Waals surface area contributed by atoms with Crippen molar-refractivity contribution in [1.82, 2.24) is 9.97 Å². The fourth-order valence-electron chi connectivity index (χ4n) is 3.08. The lowest BCUT2D eigenvalue weighted by Crippen LogP contribution is -2.23. The molecule has 3 aromatic heterocycles. The Morgan fingerprint density at radius 2 is 2.19 bits per heavy atom. The standard InChI is InChI=1S/C21H18ClN3O3S3/c1-3-14-16(15-5-4-8-29-15)17-19(28)24-21(25-20(17)31-14)30-10(2)18(27)23-12-9-11(22)6-7-13(12)26/h4-10,26H,3H2,1-2H3,(H,23,27)(H,24,25,28). The first-order chi connectivity index (χ1) is 14.9. The van der Waals surface area contributed by atoms with E-state index in [-0.39, 0.29) is 22.9 Å². The Balaban J connectivity index is 1.61. The molecule has 6 nitrogen and oxygen atoms in total. The minimum atomic E-state index is -0.568. The fraction of sp³-hybridized carbons (Fsp3) is 0.190. The number of benzene rings is 1. The van der Waals surface area contributed by atoms with Gasteiger partial charge in [0.2, 0.25) is 5.91 Å². The van der Waals surface area contributed by atoms with Crippen molar-refractivity contribution in [2.24, 2.45) is 0 Å². The van der Waals surface area contributed by atoms with Crippen molar-refractivity contribution in [3.63, 3.8) is 0 Å². The van der Waals surface area contributed by atoms with E-state index in [9.17, 15) is 14.7 Å². The van der Waals surface area contributed by atoms with Crippen molar-refractivity contribution in [2.45, 2.75) is 30.7 Å². The molecule has 31 heavy (non-hydrogen) atoms. The van der Waals surface area contributed by atoms with Crippen LogP contribution in [0.4, 0.5) is 5.69 Å². The second-order valence-corrected chi connectivity index (χ2v) is 10.5. The molecular weight excluding hydrogens is 474 g/mol. The number of H-pyrrole nitrogens is 1. The number of nitrogens with zero attached hydrogens (tertiary/aromatic N) is 1. The van der Waals surface area contributed by atoms with Crippen LogP contribution >= 0.6 is 46.0 Å². The number of anilines is 1. The minimum Gasteiger partial charge on any atom is -0.506 e. The highest BCUT2D eigenvalue weighted by Crippen LogP contribution is 2.39. The summed E-state index contributed by atoms with van der Waals surface area (Å²) in [5.41, 5.74) is 0.963. The Morgan fingerprint density at radius 3 is 2.90 bits per heavy atom. The number of phenolic OH excluding ortho intramolecular Hbond substituents is 1. The van der Waals surface area contributed by atoms with Crippen molar-refractivity contribution in [3.05, 3.63) is 56.0 Å². The van der Waals surface area contributed by atoms with E-state index >= 15 is 0 Å². The lowest BCUT2D eigenvalue weighted by Gasteiger charge is -2.12. The molecule has 1 aromatic carbocycles. The van der Waals surface area contributed by atoms with E-state index in [4.69, 9.17) is 11.6 Å². The monoisotopic (exact) mass is 491 g/mol. The van der Waals surface area contributed by atoms with Gasteiger partial charge in [0.1, 0.15) is 10.6 Å². The molecule has 1 atom stereocenters. The van der Waals surface area contributed by atoms with Gasteiger partial charge in [-0.1, -0.05) is 36.4 Å². The number of amides is 1. The van der Waals surface area contributed by atoms with Gasteiger partial charge in [0.15, 0.2) is 5.16 Å². The Kier molecular flexibility index (Phi) is 6.38. The number of aryl methyl sites for hydroxylation is 1. The number of aromatic amines is 1. The van der Waals surface area contributed by atoms with Crippen LogP contribution in [0, 0.1) is 0 Å². The number of carbonyl (C=O) groups is 1. The number of carbonyl (C=O) groups excluding carboxylic acids is 1. The molecule has 1 amide bonds. The summed E-state index contributed by atoms with van der Waals surface area (Å²) >= 11 is 10.2. The first-order valence-electron chi connectivity index (χ1n) is 9.43. The molecule has 0 aliphatic carbocycles. The molecule has 0 spiro atoms. The van der Waals surface area contributed by atoms with E-state index < -0.39 is 5.25 Å². The molecule has 0 saturated carbocycles. The zero-order valence-corrected chi connectivity index (χ0v) is 19.8. The summed E-state index contributed by atoms with van der Waals surface area (Å²) in [6.07, 6.45) is 0.804. The maximum atomic E-state index is 12.9. The molecular formula is C21H18ClN3O3S3. The van der Waals surface area contributed by atoms with Crippen molar-refractivity contribution in [2.75, 3.05) is 5.32 Å². The molecule has 0 saturated heterocycles.